The number of aliphatic hydroxyl groups excluding tert-OH is 1. The number of likely N-dealkylation sites (N-methyl/N-ethyl adjacent to an activating group) is 1. The zero-order valence-corrected chi connectivity index (χ0v) is 13.5. The van der Waals surface area contributed by atoms with Crippen molar-refractivity contribution in [2.24, 2.45) is 5.92 Å². The molecule has 4 nitrogen and oxygen atoms in total. The molecule has 0 aromatic carbocycles. The van der Waals surface area contributed by atoms with Crippen molar-refractivity contribution in [1.82, 2.24) is 9.80 Å². The number of morpholine rings is 1. The molecule has 1 aliphatic carbocycles. The minimum atomic E-state index is -0.0602. The average molecular weight is 296 g/mol. The first-order valence-electron chi connectivity index (χ1n) is 9.04. The van der Waals surface area contributed by atoms with E-state index >= 15 is 0 Å². The van der Waals surface area contributed by atoms with E-state index in [9.17, 15) is 5.11 Å². The van der Waals surface area contributed by atoms with Gasteiger partial charge in [-0.05, 0) is 38.8 Å². The smallest absolute Gasteiger partial charge is 0.0829 e. The fourth-order valence-electron chi connectivity index (χ4n) is 4.59. The Hall–Kier alpha value is -0.160. The summed E-state index contributed by atoms with van der Waals surface area (Å²) in [6, 6.07) is 0.594. The highest BCUT2D eigenvalue weighted by molar-refractivity contribution is 4.91. The summed E-state index contributed by atoms with van der Waals surface area (Å²) in [6.07, 6.45) is 7.65. The molecule has 3 rings (SSSR count). The van der Waals surface area contributed by atoms with Crippen LogP contribution in [0.3, 0.4) is 0 Å². The van der Waals surface area contributed by atoms with Gasteiger partial charge in [-0.15, -0.1) is 0 Å². The molecule has 4 atom stereocenters. The van der Waals surface area contributed by atoms with Gasteiger partial charge >= 0.3 is 0 Å². The highest BCUT2D eigenvalue weighted by Crippen LogP contribution is 2.35. The minimum absolute atomic E-state index is 0.0602. The van der Waals surface area contributed by atoms with E-state index in [1.54, 1.807) is 0 Å². The van der Waals surface area contributed by atoms with Crippen molar-refractivity contribution in [1.29, 1.82) is 0 Å². The van der Waals surface area contributed by atoms with Crippen molar-refractivity contribution >= 4 is 0 Å². The molecular formula is C17H32N2O2. The van der Waals surface area contributed by atoms with Crippen LogP contribution in [-0.2, 0) is 4.74 Å². The van der Waals surface area contributed by atoms with Gasteiger partial charge in [0.05, 0.1) is 18.8 Å². The summed E-state index contributed by atoms with van der Waals surface area (Å²) in [5, 5.41) is 10.3. The predicted molar refractivity (Wildman–Crippen MR) is 84.4 cm³/mol. The van der Waals surface area contributed by atoms with Crippen molar-refractivity contribution < 1.29 is 9.84 Å². The molecule has 2 aliphatic heterocycles. The summed E-state index contributed by atoms with van der Waals surface area (Å²) in [4.78, 5) is 5.14. The third-order valence-corrected chi connectivity index (χ3v) is 5.80. The monoisotopic (exact) mass is 296 g/mol. The Balaban J connectivity index is 1.59. The molecule has 1 N–H and O–H groups in total. The molecule has 0 radical (unpaired) electrons. The van der Waals surface area contributed by atoms with Crippen LogP contribution in [0, 0.1) is 5.92 Å². The van der Waals surface area contributed by atoms with E-state index < -0.39 is 0 Å². The summed E-state index contributed by atoms with van der Waals surface area (Å²) in [7, 11) is 0. The molecule has 4 heteroatoms. The van der Waals surface area contributed by atoms with Gasteiger partial charge in [0.25, 0.3) is 0 Å². The molecule has 1 saturated carbocycles. The normalized spacial score (nSPS) is 39.7. The van der Waals surface area contributed by atoms with Crippen LogP contribution in [0.15, 0.2) is 0 Å². The van der Waals surface area contributed by atoms with E-state index in [1.165, 1.54) is 38.6 Å². The predicted octanol–water partition coefficient (Wildman–Crippen LogP) is 1.72. The second-order valence-corrected chi connectivity index (χ2v) is 7.11. The maximum Gasteiger partial charge on any atom is 0.0829 e. The molecule has 0 aromatic rings. The van der Waals surface area contributed by atoms with Gasteiger partial charge in [0, 0.05) is 31.6 Å². The lowest BCUT2D eigenvalue weighted by molar-refractivity contribution is -0.0604. The number of hydrogen-bond donors (Lipinski definition) is 1. The SMILES string of the molecule is CCN1CCOC(CN2CCCCC2C2CCCC2O)C1. The number of ether oxygens (including phenoxy) is 1. The van der Waals surface area contributed by atoms with Gasteiger partial charge in [-0.2, -0.15) is 0 Å². The highest BCUT2D eigenvalue weighted by atomic mass is 16.5. The van der Waals surface area contributed by atoms with Crippen LogP contribution in [0.4, 0.5) is 0 Å². The molecule has 4 unspecified atom stereocenters. The summed E-state index contributed by atoms with van der Waals surface area (Å²) >= 11 is 0. The number of nitrogens with zero attached hydrogens (tertiary/aromatic N) is 2. The lowest BCUT2D eigenvalue weighted by Crippen LogP contribution is -2.53. The number of hydrogen-bond acceptors (Lipinski definition) is 4. The van der Waals surface area contributed by atoms with E-state index in [2.05, 4.69) is 16.7 Å². The fraction of sp³-hybridized carbons (Fsp3) is 1.00. The molecule has 0 aromatic heterocycles. The van der Waals surface area contributed by atoms with Crippen LogP contribution >= 0.6 is 0 Å². The largest absolute Gasteiger partial charge is 0.393 e. The van der Waals surface area contributed by atoms with E-state index in [0.29, 0.717) is 18.1 Å². The Morgan fingerprint density at radius 3 is 2.76 bits per heavy atom. The van der Waals surface area contributed by atoms with E-state index in [4.69, 9.17) is 4.74 Å². The summed E-state index contributed by atoms with van der Waals surface area (Å²) in [6.45, 7) is 8.66. The number of likely N-dealkylation sites (tertiary alicyclic amines) is 1. The molecular weight excluding hydrogens is 264 g/mol. The molecule has 3 aliphatic rings. The molecule has 2 saturated heterocycles. The van der Waals surface area contributed by atoms with Crippen LogP contribution in [0.1, 0.15) is 45.4 Å². The number of piperidine rings is 1. The van der Waals surface area contributed by atoms with Gasteiger partial charge in [-0.3, -0.25) is 9.80 Å². The minimum Gasteiger partial charge on any atom is -0.393 e. The number of aliphatic hydroxyl groups is 1. The van der Waals surface area contributed by atoms with Crippen molar-refractivity contribution in [2.45, 2.75) is 63.7 Å². The first-order chi connectivity index (χ1) is 10.3. The Bertz CT molecular complexity index is 326. The number of rotatable bonds is 4. The standard InChI is InChI=1S/C17H32N2O2/c1-2-18-10-11-21-14(12-18)13-19-9-4-3-7-16(19)15-6-5-8-17(15)20/h14-17,20H,2-13H2,1H3. The topological polar surface area (TPSA) is 35.9 Å². The lowest BCUT2D eigenvalue weighted by Gasteiger charge is -2.43. The van der Waals surface area contributed by atoms with Crippen molar-refractivity contribution in [3.05, 3.63) is 0 Å². The molecule has 0 bridgehead atoms. The van der Waals surface area contributed by atoms with E-state index in [1.807, 2.05) is 0 Å². The summed E-state index contributed by atoms with van der Waals surface area (Å²) in [5.74, 6) is 0.510. The van der Waals surface area contributed by atoms with Gasteiger partial charge < -0.3 is 9.84 Å². The lowest BCUT2D eigenvalue weighted by atomic mass is 9.87. The second kappa shape index (κ2) is 7.40. The first-order valence-corrected chi connectivity index (χ1v) is 9.04. The zero-order chi connectivity index (χ0) is 14.7. The van der Waals surface area contributed by atoms with Crippen LogP contribution in [0.2, 0.25) is 0 Å². The van der Waals surface area contributed by atoms with Crippen molar-refractivity contribution in [2.75, 3.05) is 39.3 Å². The van der Waals surface area contributed by atoms with Gasteiger partial charge in [-0.1, -0.05) is 19.8 Å². The van der Waals surface area contributed by atoms with Crippen LogP contribution in [0.5, 0.6) is 0 Å². The van der Waals surface area contributed by atoms with Crippen LogP contribution in [-0.4, -0.2) is 72.5 Å². The molecule has 122 valence electrons. The third-order valence-electron chi connectivity index (χ3n) is 5.80. The molecule has 3 fully saturated rings. The van der Waals surface area contributed by atoms with Crippen molar-refractivity contribution in [3.63, 3.8) is 0 Å². The van der Waals surface area contributed by atoms with Crippen molar-refractivity contribution in [3.8, 4) is 0 Å². The Kier molecular flexibility index (Phi) is 5.54. The Morgan fingerprint density at radius 1 is 1.10 bits per heavy atom. The second-order valence-electron chi connectivity index (χ2n) is 7.11. The molecule has 21 heavy (non-hydrogen) atoms. The molecule has 0 spiro atoms. The van der Waals surface area contributed by atoms with Gasteiger partial charge in [0.1, 0.15) is 0 Å². The quantitative estimate of drug-likeness (QED) is 0.857. The van der Waals surface area contributed by atoms with Gasteiger partial charge in [-0.25, -0.2) is 0 Å². The van der Waals surface area contributed by atoms with Crippen LogP contribution in [0.25, 0.3) is 0 Å². The van der Waals surface area contributed by atoms with E-state index in [0.717, 1.165) is 39.2 Å². The third kappa shape index (κ3) is 3.79. The first kappa shape index (κ1) is 15.7. The maximum absolute atomic E-state index is 10.3. The van der Waals surface area contributed by atoms with Gasteiger partial charge in [0.2, 0.25) is 0 Å². The van der Waals surface area contributed by atoms with E-state index in [-0.39, 0.29) is 6.10 Å². The highest BCUT2D eigenvalue weighted by Gasteiger charge is 2.38. The summed E-state index contributed by atoms with van der Waals surface area (Å²) in [5.41, 5.74) is 0. The summed E-state index contributed by atoms with van der Waals surface area (Å²) < 4.78 is 6.00. The fourth-order valence-corrected chi connectivity index (χ4v) is 4.59. The van der Waals surface area contributed by atoms with Gasteiger partial charge in [0.15, 0.2) is 0 Å². The Labute approximate surface area is 129 Å². The maximum atomic E-state index is 10.3. The molecule has 0 amide bonds. The molecule has 2 heterocycles. The average Bonchev–Trinajstić information content (AvgIpc) is 2.94. The zero-order valence-electron chi connectivity index (χ0n) is 13.5. The van der Waals surface area contributed by atoms with Crippen LogP contribution < -0.4 is 0 Å². The Morgan fingerprint density at radius 2 is 2.00 bits per heavy atom.